The monoisotopic (exact) mass is 329 g/mol. The summed E-state index contributed by atoms with van der Waals surface area (Å²) in [7, 11) is 0. The Morgan fingerprint density at radius 1 is 1.29 bits per heavy atom. The summed E-state index contributed by atoms with van der Waals surface area (Å²) in [6, 6.07) is 5.03. The molecule has 0 saturated heterocycles. The molecule has 24 heavy (non-hydrogen) atoms. The molecule has 1 aliphatic rings. The molecule has 0 saturated carbocycles. The molecule has 0 radical (unpaired) electrons. The molecule has 1 aliphatic heterocycles. The van der Waals surface area contributed by atoms with Crippen molar-refractivity contribution in [2.75, 3.05) is 12.1 Å². The molecule has 8 nitrogen and oxygen atoms in total. The van der Waals surface area contributed by atoms with Gasteiger partial charge in [0, 0.05) is 24.1 Å². The first-order valence-electron chi connectivity index (χ1n) is 7.35. The van der Waals surface area contributed by atoms with Gasteiger partial charge in [0.25, 0.3) is 5.91 Å². The van der Waals surface area contributed by atoms with Crippen molar-refractivity contribution in [2.45, 2.75) is 19.4 Å². The number of fused-ring (bicyclic) bond motifs is 1. The number of nitrogens with zero attached hydrogens (tertiary/aromatic N) is 2. The molecule has 1 atom stereocenters. The molecule has 3 rings (SSSR count). The van der Waals surface area contributed by atoms with Gasteiger partial charge in [-0.1, -0.05) is 6.92 Å². The summed E-state index contributed by atoms with van der Waals surface area (Å²) in [5, 5.41) is 2.69. The first-order chi connectivity index (χ1) is 11.7. The van der Waals surface area contributed by atoms with Crippen LogP contribution in [0.3, 0.4) is 0 Å². The molecular weight excluding hydrogens is 314 g/mol. The smallest absolute Gasteiger partial charge is 0.359 e. The zero-order valence-electron chi connectivity index (χ0n) is 12.9. The number of carbonyl (C=O) groups excluding carboxylic acids is 2. The quantitative estimate of drug-likeness (QED) is 0.835. The molecule has 0 spiro atoms. The largest absolute Gasteiger partial charge is 0.454 e. The van der Waals surface area contributed by atoms with Gasteiger partial charge in [-0.25, -0.2) is 9.78 Å². The Morgan fingerprint density at radius 3 is 2.88 bits per heavy atom. The number of amides is 1. The van der Waals surface area contributed by atoms with E-state index in [0.29, 0.717) is 23.6 Å². The highest BCUT2D eigenvalue weighted by atomic mass is 16.7. The maximum absolute atomic E-state index is 12.3. The lowest BCUT2D eigenvalue weighted by molar-refractivity contribution is -0.124. The summed E-state index contributed by atoms with van der Waals surface area (Å²) in [5.41, 5.74) is 0.574. The van der Waals surface area contributed by atoms with Crippen molar-refractivity contribution >= 4 is 17.6 Å². The number of aromatic nitrogens is 2. The zero-order chi connectivity index (χ0) is 16.9. The number of ether oxygens (including phenoxy) is 3. The van der Waals surface area contributed by atoms with E-state index >= 15 is 0 Å². The molecule has 8 heteroatoms. The number of rotatable bonds is 5. The lowest BCUT2D eigenvalue weighted by atomic mass is 10.2. The normalized spacial score (nSPS) is 13.2. The third-order valence-corrected chi connectivity index (χ3v) is 3.32. The van der Waals surface area contributed by atoms with E-state index in [9.17, 15) is 9.59 Å². The van der Waals surface area contributed by atoms with Gasteiger partial charge in [0.2, 0.25) is 6.79 Å². The predicted molar refractivity (Wildman–Crippen MR) is 82.7 cm³/mol. The van der Waals surface area contributed by atoms with Gasteiger partial charge >= 0.3 is 5.97 Å². The lowest BCUT2D eigenvalue weighted by Gasteiger charge is -2.15. The number of carbonyl (C=O) groups is 2. The average molecular weight is 329 g/mol. The molecule has 124 valence electrons. The van der Waals surface area contributed by atoms with E-state index in [-0.39, 0.29) is 12.5 Å². The van der Waals surface area contributed by atoms with E-state index < -0.39 is 18.0 Å². The Bertz CT molecular complexity index is 751. The molecule has 1 aromatic heterocycles. The molecule has 1 aromatic carbocycles. The highest BCUT2D eigenvalue weighted by Gasteiger charge is 2.23. The van der Waals surface area contributed by atoms with Crippen LogP contribution >= 0.6 is 0 Å². The van der Waals surface area contributed by atoms with Crippen LogP contribution in [0.1, 0.15) is 23.8 Å². The van der Waals surface area contributed by atoms with Gasteiger partial charge in [0.1, 0.15) is 0 Å². The summed E-state index contributed by atoms with van der Waals surface area (Å²) in [4.78, 5) is 31.9. The van der Waals surface area contributed by atoms with Gasteiger partial charge in [0.05, 0.1) is 6.20 Å². The van der Waals surface area contributed by atoms with Crippen LogP contribution in [0.25, 0.3) is 0 Å². The highest BCUT2D eigenvalue weighted by molar-refractivity contribution is 5.97. The topological polar surface area (TPSA) is 99.6 Å². The fourth-order valence-corrected chi connectivity index (χ4v) is 2.11. The van der Waals surface area contributed by atoms with Gasteiger partial charge in [0.15, 0.2) is 23.3 Å². The number of hydrogen-bond acceptors (Lipinski definition) is 7. The molecule has 0 bridgehead atoms. The SMILES string of the molecule is CCC(OC(=O)c1cnccn1)C(=O)Nc1ccc2c(c1)OCO2. The predicted octanol–water partition coefficient (Wildman–Crippen LogP) is 1.78. The van der Waals surface area contributed by atoms with Gasteiger partial charge in [-0.2, -0.15) is 0 Å². The molecule has 1 unspecified atom stereocenters. The Hall–Kier alpha value is -3.16. The molecular formula is C16H15N3O5. The number of benzene rings is 1. The van der Waals surface area contributed by atoms with Crippen molar-refractivity contribution in [1.29, 1.82) is 0 Å². The lowest BCUT2D eigenvalue weighted by Crippen LogP contribution is -2.32. The van der Waals surface area contributed by atoms with Crippen molar-refractivity contribution in [3.63, 3.8) is 0 Å². The zero-order valence-corrected chi connectivity index (χ0v) is 12.9. The Balaban J connectivity index is 1.65. The van der Waals surface area contributed by atoms with E-state index in [0.717, 1.165) is 0 Å². The van der Waals surface area contributed by atoms with Crippen LogP contribution < -0.4 is 14.8 Å². The van der Waals surface area contributed by atoms with Crippen molar-refractivity contribution in [1.82, 2.24) is 9.97 Å². The first-order valence-corrected chi connectivity index (χ1v) is 7.35. The molecule has 2 aromatic rings. The Labute approximate surface area is 137 Å². The fraction of sp³-hybridized carbons (Fsp3) is 0.250. The second-order valence-corrected chi connectivity index (χ2v) is 4.95. The van der Waals surface area contributed by atoms with Crippen LogP contribution in [0.4, 0.5) is 5.69 Å². The van der Waals surface area contributed by atoms with Gasteiger partial charge < -0.3 is 19.5 Å². The number of hydrogen-bond donors (Lipinski definition) is 1. The molecule has 2 heterocycles. The minimum Gasteiger partial charge on any atom is -0.454 e. The Morgan fingerprint density at radius 2 is 2.12 bits per heavy atom. The van der Waals surface area contributed by atoms with Crippen molar-refractivity contribution in [3.8, 4) is 11.5 Å². The van der Waals surface area contributed by atoms with Gasteiger partial charge in [-0.05, 0) is 18.6 Å². The van der Waals surface area contributed by atoms with Crippen LogP contribution in [-0.4, -0.2) is 34.7 Å². The molecule has 1 N–H and O–H groups in total. The minimum absolute atomic E-state index is 0.0480. The molecule has 1 amide bonds. The number of anilines is 1. The second kappa shape index (κ2) is 6.95. The van der Waals surface area contributed by atoms with Crippen molar-refractivity contribution in [3.05, 3.63) is 42.5 Å². The van der Waals surface area contributed by atoms with E-state index in [2.05, 4.69) is 15.3 Å². The number of esters is 1. The summed E-state index contributed by atoms with van der Waals surface area (Å²) < 4.78 is 15.7. The summed E-state index contributed by atoms with van der Waals surface area (Å²) in [6.07, 6.45) is 3.49. The van der Waals surface area contributed by atoms with Crippen molar-refractivity contribution in [2.24, 2.45) is 0 Å². The fourth-order valence-electron chi connectivity index (χ4n) is 2.11. The summed E-state index contributed by atoms with van der Waals surface area (Å²) in [5.74, 6) is 0.0379. The maximum atomic E-state index is 12.3. The van der Waals surface area contributed by atoms with E-state index in [1.165, 1.54) is 18.6 Å². The highest BCUT2D eigenvalue weighted by Crippen LogP contribution is 2.34. The standard InChI is InChI=1S/C16H15N3O5/c1-2-12(24-16(21)11-8-17-5-6-18-11)15(20)19-10-3-4-13-14(7-10)23-9-22-13/h3-8,12H,2,9H2,1H3,(H,19,20). The van der Waals surface area contributed by atoms with Crippen molar-refractivity contribution < 1.29 is 23.8 Å². The van der Waals surface area contributed by atoms with E-state index in [1.807, 2.05) is 0 Å². The van der Waals surface area contributed by atoms with Crippen LogP contribution in [0.15, 0.2) is 36.8 Å². The van der Waals surface area contributed by atoms with E-state index in [4.69, 9.17) is 14.2 Å². The minimum atomic E-state index is -0.940. The second-order valence-electron chi connectivity index (χ2n) is 4.95. The third-order valence-electron chi connectivity index (χ3n) is 3.32. The average Bonchev–Trinajstić information content (AvgIpc) is 3.07. The van der Waals surface area contributed by atoms with Crippen LogP contribution in [0.2, 0.25) is 0 Å². The summed E-state index contributed by atoms with van der Waals surface area (Å²) in [6.45, 7) is 1.90. The maximum Gasteiger partial charge on any atom is 0.359 e. The molecule has 0 fully saturated rings. The first kappa shape index (κ1) is 15.7. The Kier molecular flexibility index (Phi) is 4.55. The van der Waals surface area contributed by atoms with Crippen LogP contribution in [-0.2, 0) is 9.53 Å². The van der Waals surface area contributed by atoms with Gasteiger partial charge in [-0.15, -0.1) is 0 Å². The number of nitrogens with one attached hydrogen (secondary N) is 1. The summed E-state index contributed by atoms with van der Waals surface area (Å²) >= 11 is 0. The van der Waals surface area contributed by atoms with E-state index in [1.54, 1.807) is 25.1 Å². The third kappa shape index (κ3) is 3.43. The van der Waals surface area contributed by atoms with Gasteiger partial charge in [-0.3, -0.25) is 9.78 Å². The molecule has 0 aliphatic carbocycles. The van der Waals surface area contributed by atoms with Crippen LogP contribution in [0.5, 0.6) is 11.5 Å². The van der Waals surface area contributed by atoms with Crippen LogP contribution in [0, 0.1) is 0 Å².